The molecule has 1 unspecified atom stereocenters. The third kappa shape index (κ3) is 3.68. The van der Waals surface area contributed by atoms with Gasteiger partial charge in [-0.3, -0.25) is 9.69 Å². The zero-order chi connectivity index (χ0) is 22.3. The zero-order valence-electron chi connectivity index (χ0n) is 17.8. The van der Waals surface area contributed by atoms with Crippen LogP contribution in [0.2, 0.25) is 5.02 Å². The van der Waals surface area contributed by atoms with Crippen LogP contribution in [0.1, 0.15) is 38.2 Å². The molecule has 2 aliphatic rings. The molecule has 31 heavy (non-hydrogen) atoms. The van der Waals surface area contributed by atoms with Gasteiger partial charge in [0.2, 0.25) is 0 Å². The summed E-state index contributed by atoms with van der Waals surface area (Å²) in [5, 5.41) is 10.7. The summed E-state index contributed by atoms with van der Waals surface area (Å²) in [5.41, 5.74) is 9.88. The van der Waals surface area contributed by atoms with Crippen molar-refractivity contribution < 1.29 is 9.53 Å². The highest BCUT2D eigenvalue weighted by Gasteiger charge is 2.44. The molecule has 2 aromatic carbocycles. The summed E-state index contributed by atoms with van der Waals surface area (Å²) in [4.78, 5) is 15.3. The molecule has 158 valence electrons. The highest BCUT2D eigenvalue weighted by atomic mass is 35.5. The Morgan fingerprint density at radius 3 is 2.35 bits per heavy atom. The number of nitriles is 1. The van der Waals surface area contributed by atoms with Gasteiger partial charge in [-0.1, -0.05) is 37.6 Å². The average molecular weight is 434 g/mol. The van der Waals surface area contributed by atoms with Gasteiger partial charge >= 0.3 is 0 Å². The first-order valence-electron chi connectivity index (χ1n) is 10.1. The van der Waals surface area contributed by atoms with E-state index in [1.165, 1.54) is 0 Å². The van der Waals surface area contributed by atoms with Crippen LogP contribution in [-0.2, 0) is 4.79 Å². The predicted octanol–water partition coefficient (Wildman–Crippen LogP) is 5.29. The highest BCUT2D eigenvalue weighted by molar-refractivity contribution is 6.30. The quantitative estimate of drug-likeness (QED) is 0.711. The predicted molar refractivity (Wildman–Crippen MR) is 122 cm³/mol. The minimum atomic E-state index is -0.504. The molecule has 1 atom stereocenters. The lowest BCUT2D eigenvalue weighted by molar-refractivity contribution is -0.118. The molecule has 0 bridgehead atoms. The van der Waals surface area contributed by atoms with E-state index >= 15 is 0 Å². The number of ketones is 1. The summed E-state index contributed by atoms with van der Waals surface area (Å²) < 4.78 is 5.28. The van der Waals surface area contributed by atoms with Crippen LogP contribution < -0.4 is 15.4 Å². The number of halogens is 1. The van der Waals surface area contributed by atoms with Crippen LogP contribution in [0.15, 0.2) is 71.2 Å². The second-order valence-corrected chi connectivity index (χ2v) is 9.17. The smallest absolute Gasteiger partial charge is 0.162 e. The summed E-state index contributed by atoms with van der Waals surface area (Å²) in [5.74, 6) is 0.606. The SMILES string of the molecule is COc1ccc(N2C(N)=C(C#N)C(c3ccc(Cl)cc3)C3=C2CC(C)(C)CC3=O)cc1. The van der Waals surface area contributed by atoms with Gasteiger partial charge in [0.25, 0.3) is 0 Å². The number of benzene rings is 2. The van der Waals surface area contributed by atoms with Crippen LogP contribution in [0.5, 0.6) is 5.75 Å². The van der Waals surface area contributed by atoms with Gasteiger partial charge in [-0.2, -0.15) is 5.26 Å². The molecule has 0 aromatic heterocycles. The second kappa shape index (κ2) is 7.79. The van der Waals surface area contributed by atoms with Crippen LogP contribution in [0.3, 0.4) is 0 Å². The fourth-order valence-corrected chi connectivity index (χ4v) is 4.65. The lowest BCUT2D eigenvalue weighted by Gasteiger charge is -2.43. The van der Waals surface area contributed by atoms with E-state index in [2.05, 4.69) is 19.9 Å². The standard InChI is InChI=1S/C25H24ClN3O2/c1-25(2)12-20-23(21(30)13-25)22(15-4-6-16(26)7-5-15)19(14-27)24(28)29(20)17-8-10-18(31-3)11-9-17/h4-11,22H,12-13,28H2,1-3H3. The van der Waals surface area contributed by atoms with Gasteiger partial charge in [0.15, 0.2) is 5.78 Å². The molecule has 2 N–H and O–H groups in total. The lowest BCUT2D eigenvalue weighted by atomic mass is 9.68. The molecule has 1 heterocycles. The number of hydrogen-bond donors (Lipinski definition) is 1. The molecule has 5 nitrogen and oxygen atoms in total. The van der Waals surface area contributed by atoms with Gasteiger partial charge in [0.1, 0.15) is 11.6 Å². The van der Waals surface area contributed by atoms with Crippen LogP contribution in [0.4, 0.5) is 5.69 Å². The summed E-state index contributed by atoms with van der Waals surface area (Å²) in [6, 6.07) is 17.0. The van der Waals surface area contributed by atoms with Gasteiger partial charge in [-0.25, -0.2) is 0 Å². The first-order valence-corrected chi connectivity index (χ1v) is 10.5. The Hall–Kier alpha value is -3.23. The fraction of sp³-hybridized carbons (Fsp3) is 0.280. The number of Topliss-reactive ketones (excluding diaryl/α,β-unsaturated/α-hetero) is 1. The topological polar surface area (TPSA) is 79.3 Å². The molecular formula is C25H24ClN3O2. The van der Waals surface area contributed by atoms with Crippen LogP contribution in [-0.4, -0.2) is 12.9 Å². The van der Waals surface area contributed by atoms with Crippen molar-refractivity contribution >= 4 is 23.1 Å². The van der Waals surface area contributed by atoms with Crippen molar-refractivity contribution in [2.24, 2.45) is 11.1 Å². The number of carbonyl (C=O) groups is 1. The third-order valence-electron chi connectivity index (χ3n) is 5.91. The molecule has 6 heteroatoms. The van der Waals surface area contributed by atoms with E-state index in [4.69, 9.17) is 22.1 Å². The third-order valence-corrected chi connectivity index (χ3v) is 6.17. The number of nitrogens with zero attached hydrogens (tertiary/aromatic N) is 2. The number of methoxy groups -OCH3 is 1. The summed E-state index contributed by atoms with van der Waals surface area (Å²) in [6.45, 7) is 4.16. The summed E-state index contributed by atoms with van der Waals surface area (Å²) >= 11 is 6.08. The lowest BCUT2D eigenvalue weighted by Crippen LogP contribution is -2.42. The first-order chi connectivity index (χ1) is 14.8. The molecule has 0 amide bonds. The highest BCUT2D eigenvalue weighted by Crippen LogP contribution is 2.50. The molecular weight excluding hydrogens is 410 g/mol. The van der Waals surface area contributed by atoms with Gasteiger partial charge in [-0.05, 0) is 53.8 Å². The Morgan fingerprint density at radius 1 is 1.13 bits per heavy atom. The number of rotatable bonds is 3. The number of carbonyl (C=O) groups excluding carboxylic acids is 1. The van der Waals surface area contributed by atoms with Crippen molar-refractivity contribution in [2.45, 2.75) is 32.6 Å². The molecule has 0 radical (unpaired) electrons. The number of anilines is 1. The molecule has 0 saturated heterocycles. The Labute approximate surface area is 187 Å². The minimum Gasteiger partial charge on any atom is -0.497 e. The maximum absolute atomic E-state index is 13.4. The first kappa shape index (κ1) is 21.0. The van der Waals surface area contributed by atoms with Crippen molar-refractivity contribution in [1.82, 2.24) is 0 Å². The zero-order valence-corrected chi connectivity index (χ0v) is 18.5. The number of allylic oxidation sites excluding steroid dienone is 3. The van der Waals surface area contributed by atoms with Crippen LogP contribution in [0, 0.1) is 16.7 Å². The van der Waals surface area contributed by atoms with Crippen molar-refractivity contribution in [1.29, 1.82) is 5.26 Å². The average Bonchev–Trinajstić information content (AvgIpc) is 2.73. The molecule has 0 fully saturated rings. The van der Waals surface area contributed by atoms with E-state index < -0.39 is 5.92 Å². The summed E-state index contributed by atoms with van der Waals surface area (Å²) in [6.07, 6.45) is 1.09. The Balaban J connectivity index is 1.96. The van der Waals surface area contributed by atoms with E-state index in [1.54, 1.807) is 19.2 Å². The van der Waals surface area contributed by atoms with Crippen LogP contribution >= 0.6 is 11.6 Å². The fourth-order valence-electron chi connectivity index (χ4n) is 4.52. The Bertz CT molecular complexity index is 1140. The van der Waals surface area contributed by atoms with Gasteiger partial charge < -0.3 is 10.5 Å². The van der Waals surface area contributed by atoms with Crippen molar-refractivity contribution in [3.8, 4) is 11.8 Å². The molecule has 0 saturated carbocycles. The molecule has 1 aliphatic heterocycles. The molecule has 2 aromatic rings. The van der Waals surface area contributed by atoms with E-state index in [0.29, 0.717) is 34.8 Å². The Morgan fingerprint density at radius 2 is 1.77 bits per heavy atom. The van der Waals surface area contributed by atoms with E-state index in [1.807, 2.05) is 41.3 Å². The van der Waals surface area contributed by atoms with Crippen LogP contribution in [0.25, 0.3) is 0 Å². The molecule has 4 rings (SSSR count). The number of hydrogen-bond acceptors (Lipinski definition) is 5. The van der Waals surface area contributed by atoms with Crippen molar-refractivity contribution in [3.63, 3.8) is 0 Å². The number of ether oxygens (including phenoxy) is 1. The maximum atomic E-state index is 13.4. The minimum absolute atomic E-state index is 0.0463. The normalized spacial score (nSPS) is 20.4. The molecule has 0 spiro atoms. The molecule has 1 aliphatic carbocycles. The summed E-state index contributed by atoms with van der Waals surface area (Å²) in [7, 11) is 1.61. The monoisotopic (exact) mass is 433 g/mol. The van der Waals surface area contributed by atoms with Gasteiger partial charge in [0, 0.05) is 28.4 Å². The largest absolute Gasteiger partial charge is 0.497 e. The van der Waals surface area contributed by atoms with Gasteiger partial charge in [-0.15, -0.1) is 0 Å². The van der Waals surface area contributed by atoms with E-state index in [0.717, 1.165) is 22.7 Å². The Kier molecular flexibility index (Phi) is 5.28. The maximum Gasteiger partial charge on any atom is 0.162 e. The van der Waals surface area contributed by atoms with E-state index in [9.17, 15) is 10.1 Å². The van der Waals surface area contributed by atoms with Crippen molar-refractivity contribution in [2.75, 3.05) is 12.0 Å². The number of nitrogens with two attached hydrogens (primary N) is 1. The van der Waals surface area contributed by atoms with E-state index in [-0.39, 0.29) is 11.2 Å². The van der Waals surface area contributed by atoms with Gasteiger partial charge in [0.05, 0.1) is 24.7 Å². The second-order valence-electron chi connectivity index (χ2n) is 8.73. The van der Waals surface area contributed by atoms with Crippen molar-refractivity contribution in [3.05, 3.63) is 81.8 Å².